The normalized spacial score (nSPS) is 16.5. The van der Waals surface area contributed by atoms with Gasteiger partial charge in [0.25, 0.3) is 11.7 Å². The molecule has 1 atom stereocenters. The van der Waals surface area contributed by atoms with Gasteiger partial charge in [-0.25, -0.2) is 4.39 Å². The monoisotopic (exact) mass is 488 g/mol. The summed E-state index contributed by atoms with van der Waals surface area (Å²) < 4.78 is 30.4. The van der Waals surface area contributed by atoms with E-state index in [2.05, 4.69) is 0 Å². The van der Waals surface area contributed by atoms with E-state index >= 15 is 0 Å². The summed E-state index contributed by atoms with van der Waals surface area (Å²) >= 11 is 0. The Morgan fingerprint density at radius 2 is 1.67 bits per heavy atom. The number of halogens is 1. The Morgan fingerprint density at radius 3 is 2.28 bits per heavy atom. The van der Waals surface area contributed by atoms with Crippen molar-refractivity contribution >= 4 is 23.1 Å². The first-order chi connectivity index (χ1) is 17.4. The fourth-order valence-corrected chi connectivity index (χ4v) is 4.23. The molecule has 0 radical (unpaired) electrons. The molecule has 9 heteroatoms. The number of hydrogen-bond donors (Lipinski definition) is 1. The van der Waals surface area contributed by atoms with Crippen molar-refractivity contribution in [3.63, 3.8) is 0 Å². The van der Waals surface area contributed by atoms with E-state index < -0.39 is 29.3 Å². The fourth-order valence-electron chi connectivity index (χ4n) is 4.23. The maximum absolute atomic E-state index is 14.1. The van der Waals surface area contributed by atoms with E-state index in [4.69, 9.17) is 19.5 Å². The minimum absolute atomic E-state index is 0.0952. The summed E-state index contributed by atoms with van der Waals surface area (Å²) in [6, 6.07) is 15.3. The first kappa shape index (κ1) is 24.3. The molecule has 0 aliphatic carbocycles. The molecule has 1 heterocycles. The second kappa shape index (κ2) is 9.80. The van der Waals surface area contributed by atoms with E-state index in [-0.39, 0.29) is 22.6 Å². The zero-order valence-electron chi connectivity index (χ0n) is 19.6. The summed E-state index contributed by atoms with van der Waals surface area (Å²) in [7, 11) is 4.18. The number of amides is 1. The van der Waals surface area contributed by atoms with Gasteiger partial charge < -0.3 is 19.3 Å². The number of methoxy groups -OCH3 is 3. The van der Waals surface area contributed by atoms with Crippen LogP contribution in [-0.4, -0.2) is 38.1 Å². The highest BCUT2D eigenvalue weighted by molar-refractivity contribution is 6.51. The molecule has 1 saturated heterocycles. The molecule has 0 spiro atoms. The molecule has 1 amide bonds. The molecule has 3 aromatic carbocycles. The molecule has 0 bridgehead atoms. The molecule has 4 rings (SSSR count). The number of nitrogens with zero attached hydrogens (tertiary/aromatic N) is 2. The Balaban J connectivity index is 2.05. The van der Waals surface area contributed by atoms with Crippen LogP contribution in [0.5, 0.6) is 17.2 Å². The van der Waals surface area contributed by atoms with Crippen LogP contribution in [0.2, 0.25) is 0 Å². The first-order valence-corrected chi connectivity index (χ1v) is 10.7. The van der Waals surface area contributed by atoms with Gasteiger partial charge in [-0.1, -0.05) is 12.1 Å². The van der Waals surface area contributed by atoms with Crippen molar-refractivity contribution in [3.05, 3.63) is 88.7 Å². The number of carbonyl (C=O) groups excluding carboxylic acids is 2. The zero-order chi connectivity index (χ0) is 26.0. The van der Waals surface area contributed by atoms with Gasteiger partial charge in [0.15, 0.2) is 11.5 Å². The van der Waals surface area contributed by atoms with Crippen LogP contribution in [-0.2, 0) is 9.59 Å². The van der Waals surface area contributed by atoms with Crippen LogP contribution in [0.4, 0.5) is 10.1 Å². The van der Waals surface area contributed by atoms with Crippen LogP contribution < -0.4 is 19.1 Å². The number of anilines is 1. The molecule has 182 valence electrons. The average Bonchev–Trinajstić information content (AvgIpc) is 3.17. The molecule has 1 unspecified atom stereocenters. The van der Waals surface area contributed by atoms with Gasteiger partial charge in [-0.15, -0.1) is 0 Å². The number of carbonyl (C=O) groups is 2. The van der Waals surface area contributed by atoms with Gasteiger partial charge in [0.1, 0.15) is 17.3 Å². The lowest BCUT2D eigenvalue weighted by molar-refractivity contribution is -0.132. The molecule has 8 nitrogen and oxygen atoms in total. The van der Waals surface area contributed by atoms with Gasteiger partial charge in [0, 0.05) is 11.3 Å². The SMILES string of the molecule is COc1ccc(F)cc1/C(O)=C1\C(=O)C(=O)N(c2ccc(C#N)cc2)C1c1cccc(OC)c1OC. The second-order valence-corrected chi connectivity index (χ2v) is 7.76. The molecule has 36 heavy (non-hydrogen) atoms. The van der Waals surface area contributed by atoms with Gasteiger partial charge in [0.2, 0.25) is 0 Å². The average molecular weight is 488 g/mol. The molecule has 1 N–H and O–H groups in total. The quantitative estimate of drug-likeness (QED) is 0.312. The number of aliphatic hydroxyl groups excluding tert-OH is 1. The Morgan fingerprint density at radius 1 is 0.972 bits per heavy atom. The largest absolute Gasteiger partial charge is 0.507 e. The summed E-state index contributed by atoms with van der Waals surface area (Å²) in [5.74, 6) is -2.52. The van der Waals surface area contributed by atoms with E-state index in [9.17, 15) is 19.1 Å². The molecule has 0 aromatic heterocycles. The molecule has 1 fully saturated rings. The summed E-state index contributed by atoms with van der Waals surface area (Å²) in [6.07, 6.45) is 0. The standard InChI is InChI=1S/C27H21FN2O6/c1-34-20-12-9-16(28)13-19(20)24(31)22-23(18-5-4-6-21(35-2)26(18)36-3)30(27(33)25(22)32)17-10-7-15(14-29)8-11-17/h4-13,23,31H,1-3H3/b24-22+. The van der Waals surface area contributed by atoms with E-state index in [1.54, 1.807) is 18.2 Å². The zero-order valence-corrected chi connectivity index (χ0v) is 19.6. The van der Waals surface area contributed by atoms with Crippen molar-refractivity contribution in [2.75, 3.05) is 26.2 Å². The van der Waals surface area contributed by atoms with Crippen molar-refractivity contribution < 1.29 is 33.3 Å². The minimum Gasteiger partial charge on any atom is -0.507 e. The fraction of sp³-hybridized carbons (Fsp3) is 0.148. The second-order valence-electron chi connectivity index (χ2n) is 7.76. The van der Waals surface area contributed by atoms with Crippen LogP contribution >= 0.6 is 0 Å². The summed E-state index contributed by atoms with van der Waals surface area (Å²) in [5, 5.41) is 20.5. The lowest BCUT2D eigenvalue weighted by Gasteiger charge is -2.27. The third-order valence-electron chi connectivity index (χ3n) is 5.86. The van der Waals surface area contributed by atoms with Crippen LogP contribution in [0.25, 0.3) is 5.76 Å². The molecule has 0 saturated carbocycles. The van der Waals surface area contributed by atoms with Crippen LogP contribution in [0.15, 0.2) is 66.2 Å². The predicted octanol–water partition coefficient (Wildman–Crippen LogP) is 4.35. The third-order valence-corrected chi connectivity index (χ3v) is 5.86. The van der Waals surface area contributed by atoms with Crippen molar-refractivity contribution in [1.82, 2.24) is 0 Å². The number of ether oxygens (including phenoxy) is 3. The number of hydrogen-bond acceptors (Lipinski definition) is 7. The van der Waals surface area contributed by atoms with E-state index in [1.165, 1.54) is 56.6 Å². The summed E-state index contributed by atoms with van der Waals surface area (Å²) in [5.41, 5.74) is 0.617. The highest BCUT2D eigenvalue weighted by Gasteiger charge is 2.48. The summed E-state index contributed by atoms with van der Waals surface area (Å²) in [4.78, 5) is 27.9. The number of benzene rings is 3. The maximum Gasteiger partial charge on any atom is 0.300 e. The third kappa shape index (κ3) is 3.99. The van der Waals surface area contributed by atoms with Crippen molar-refractivity contribution in [3.8, 4) is 23.3 Å². The highest BCUT2D eigenvalue weighted by Crippen LogP contribution is 2.47. The lowest BCUT2D eigenvalue weighted by Crippen LogP contribution is -2.29. The number of Topliss-reactive ketones (excluding diaryl/α,β-unsaturated/α-hetero) is 1. The van der Waals surface area contributed by atoms with Gasteiger partial charge >= 0.3 is 0 Å². The Labute approximate surface area is 206 Å². The minimum atomic E-state index is -1.17. The first-order valence-electron chi connectivity index (χ1n) is 10.7. The molecule has 3 aromatic rings. The van der Waals surface area contributed by atoms with E-state index in [0.717, 1.165) is 12.1 Å². The Bertz CT molecular complexity index is 1430. The van der Waals surface area contributed by atoms with Gasteiger partial charge in [-0.2, -0.15) is 5.26 Å². The molecule has 1 aliphatic heterocycles. The van der Waals surface area contributed by atoms with Crippen LogP contribution in [0.3, 0.4) is 0 Å². The van der Waals surface area contributed by atoms with E-state index in [0.29, 0.717) is 22.6 Å². The Hall–Kier alpha value is -4.84. The highest BCUT2D eigenvalue weighted by atomic mass is 19.1. The number of nitriles is 1. The maximum atomic E-state index is 14.1. The Kier molecular flexibility index (Phi) is 6.61. The van der Waals surface area contributed by atoms with Crippen molar-refractivity contribution in [2.45, 2.75) is 6.04 Å². The van der Waals surface area contributed by atoms with Crippen LogP contribution in [0.1, 0.15) is 22.7 Å². The molecule has 1 aliphatic rings. The van der Waals surface area contributed by atoms with Crippen LogP contribution in [0, 0.1) is 17.1 Å². The van der Waals surface area contributed by atoms with Gasteiger partial charge in [-0.3, -0.25) is 14.5 Å². The summed E-state index contributed by atoms with van der Waals surface area (Å²) in [6.45, 7) is 0. The number of rotatable bonds is 6. The smallest absolute Gasteiger partial charge is 0.300 e. The molecular formula is C27H21FN2O6. The topological polar surface area (TPSA) is 109 Å². The van der Waals surface area contributed by atoms with Gasteiger partial charge in [0.05, 0.1) is 50.1 Å². The number of aliphatic hydroxyl groups is 1. The lowest BCUT2D eigenvalue weighted by atomic mass is 9.93. The molecular weight excluding hydrogens is 467 g/mol. The van der Waals surface area contributed by atoms with Crippen molar-refractivity contribution in [2.24, 2.45) is 0 Å². The number of ketones is 1. The van der Waals surface area contributed by atoms with Crippen molar-refractivity contribution in [1.29, 1.82) is 5.26 Å². The van der Waals surface area contributed by atoms with E-state index in [1.807, 2.05) is 6.07 Å². The predicted molar refractivity (Wildman–Crippen MR) is 128 cm³/mol. The van der Waals surface area contributed by atoms with Gasteiger partial charge in [-0.05, 0) is 48.5 Å². The number of para-hydroxylation sites is 1.